The maximum absolute atomic E-state index is 12.6. The Kier molecular flexibility index (Phi) is 4.12. The Balaban J connectivity index is 2.67. The number of carbonyl (C=O) groups is 1. The van der Waals surface area contributed by atoms with Gasteiger partial charge in [0.1, 0.15) is 5.71 Å². The summed E-state index contributed by atoms with van der Waals surface area (Å²) in [5.41, 5.74) is 1.89. The fraction of sp³-hybridized carbons (Fsp3) is 0.200. The van der Waals surface area contributed by atoms with Crippen LogP contribution in [-0.4, -0.2) is 16.5 Å². The van der Waals surface area contributed by atoms with Crippen LogP contribution in [0.15, 0.2) is 35.4 Å². The number of hydrogen-bond acceptors (Lipinski definition) is 2. The standard InChI is InChI=1S/C10H9BrF2N2O/c1-7(10(11,12)13)14-15-9(16)8-5-3-2-4-6-8/h2-6H,1H3,(H,15,16). The molecule has 1 amide bonds. The summed E-state index contributed by atoms with van der Waals surface area (Å²) in [6.07, 6.45) is 0. The first-order chi connectivity index (χ1) is 7.41. The summed E-state index contributed by atoms with van der Waals surface area (Å²) in [4.78, 5) is 8.19. The predicted octanol–water partition coefficient (Wildman–Crippen LogP) is 2.78. The van der Waals surface area contributed by atoms with Crippen molar-refractivity contribution in [2.45, 2.75) is 11.8 Å². The molecule has 0 aromatic heterocycles. The Morgan fingerprint density at radius 2 is 1.94 bits per heavy atom. The minimum Gasteiger partial charge on any atom is -0.267 e. The number of hydrogen-bond donors (Lipinski definition) is 1. The second kappa shape index (κ2) is 5.16. The highest BCUT2D eigenvalue weighted by molar-refractivity contribution is 9.10. The summed E-state index contributed by atoms with van der Waals surface area (Å²) in [7, 11) is 0. The number of halogens is 3. The summed E-state index contributed by atoms with van der Waals surface area (Å²) >= 11 is 2.13. The van der Waals surface area contributed by atoms with Crippen LogP contribution < -0.4 is 5.43 Å². The molecule has 0 heterocycles. The Bertz CT molecular complexity index is 401. The fourth-order valence-electron chi connectivity index (χ4n) is 0.852. The third-order valence-corrected chi connectivity index (χ3v) is 2.35. The van der Waals surface area contributed by atoms with Gasteiger partial charge in [-0.3, -0.25) is 4.79 Å². The summed E-state index contributed by atoms with van der Waals surface area (Å²) in [5, 5.41) is 3.29. The first-order valence-electron chi connectivity index (χ1n) is 4.38. The predicted molar refractivity (Wildman–Crippen MR) is 60.9 cm³/mol. The Morgan fingerprint density at radius 3 is 2.44 bits per heavy atom. The van der Waals surface area contributed by atoms with E-state index >= 15 is 0 Å². The van der Waals surface area contributed by atoms with E-state index in [0.29, 0.717) is 5.56 Å². The molecule has 1 aromatic rings. The first-order valence-corrected chi connectivity index (χ1v) is 5.17. The summed E-state index contributed by atoms with van der Waals surface area (Å²) in [6, 6.07) is 8.21. The molecule has 3 nitrogen and oxygen atoms in total. The van der Waals surface area contributed by atoms with E-state index in [1.54, 1.807) is 30.3 Å². The molecule has 0 atom stereocenters. The number of hydrazone groups is 1. The van der Waals surface area contributed by atoms with Gasteiger partial charge in [0, 0.05) is 5.56 Å². The van der Waals surface area contributed by atoms with Crippen molar-refractivity contribution in [2.24, 2.45) is 5.10 Å². The quantitative estimate of drug-likeness (QED) is 0.519. The van der Waals surface area contributed by atoms with Crippen LogP contribution in [0.2, 0.25) is 0 Å². The molecule has 86 valence electrons. The topological polar surface area (TPSA) is 41.5 Å². The third kappa shape index (κ3) is 3.69. The van der Waals surface area contributed by atoms with Crippen molar-refractivity contribution in [3.05, 3.63) is 35.9 Å². The molecule has 0 bridgehead atoms. The molecule has 0 saturated carbocycles. The molecule has 0 aliphatic rings. The van der Waals surface area contributed by atoms with Gasteiger partial charge in [-0.05, 0) is 35.0 Å². The normalized spacial score (nSPS) is 12.4. The van der Waals surface area contributed by atoms with Gasteiger partial charge in [0.15, 0.2) is 0 Å². The summed E-state index contributed by atoms with van der Waals surface area (Å²) in [5.74, 6) is -0.531. The highest BCUT2D eigenvalue weighted by Crippen LogP contribution is 2.22. The van der Waals surface area contributed by atoms with Gasteiger partial charge in [0.25, 0.3) is 5.91 Å². The molecular weight excluding hydrogens is 282 g/mol. The van der Waals surface area contributed by atoms with Gasteiger partial charge in [-0.15, -0.1) is 0 Å². The number of rotatable bonds is 3. The highest BCUT2D eigenvalue weighted by atomic mass is 79.9. The second-order valence-electron chi connectivity index (χ2n) is 3.00. The monoisotopic (exact) mass is 290 g/mol. The number of carbonyl (C=O) groups excluding carboxylic acids is 1. The van der Waals surface area contributed by atoms with Gasteiger partial charge >= 0.3 is 4.83 Å². The van der Waals surface area contributed by atoms with Crippen LogP contribution in [-0.2, 0) is 0 Å². The third-order valence-electron chi connectivity index (χ3n) is 1.77. The number of nitrogens with zero attached hydrogens (tertiary/aromatic N) is 1. The SMILES string of the molecule is CC(=NNC(=O)c1ccccc1)C(F)(F)Br. The van der Waals surface area contributed by atoms with E-state index in [-0.39, 0.29) is 0 Å². The molecule has 0 radical (unpaired) electrons. The van der Waals surface area contributed by atoms with Crippen molar-refractivity contribution in [3.63, 3.8) is 0 Å². The van der Waals surface area contributed by atoms with Crippen molar-refractivity contribution in [1.82, 2.24) is 5.43 Å². The van der Waals surface area contributed by atoms with Crippen molar-refractivity contribution >= 4 is 27.5 Å². The molecule has 6 heteroatoms. The first kappa shape index (κ1) is 12.8. The van der Waals surface area contributed by atoms with E-state index in [1.807, 2.05) is 5.43 Å². The number of benzene rings is 1. The Hall–Kier alpha value is -1.30. The van der Waals surface area contributed by atoms with Gasteiger partial charge in [-0.25, -0.2) is 5.43 Å². The van der Waals surface area contributed by atoms with Crippen LogP contribution in [0.4, 0.5) is 8.78 Å². The minimum atomic E-state index is -3.21. The molecule has 0 aliphatic heterocycles. The van der Waals surface area contributed by atoms with Gasteiger partial charge in [0.2, 0.25) is 0 Å². The van der Waals surface area contributed by atoms with E-state index < -0.39 is 16.5 Å². The van der Waals surface area contributed by atoms with Crippen LogP contribution in [0.25, 0.3) is 0 Å². The number of alkyl halides is 3. The van der Waals surface area contributed by atoms with Crippen LogP contribution in [0.5, 0.6) is 0 Å². The lowest BCUT2D eigenvalue weighted by Gasteiger charge is -2.07. The summed E-state index contributed by atoms with van der Waals surface area (Å²) in [6.45, 7) is 1.11. The Labute approximate surface area is 99.7 Å². The van der Waals surface area contributed by atoms with E-state index in [4.69, 9.17) is 0 Å². The molecular formula is C10H9BrF2N2O. The van der Waals surface area contributed by atoms with Crippen LogP contribution in [0.1, 0.15) is 17.3 Å². The zero-order chi connectivity index (χ0) is 12.2. The number of amides is 1. The molecule has 0 spiro atoms. The molecule has 0 fully saturated rings. The van der Waals surface area contributed by atoms with Gasteiger partial charge in [-0.2, -0.15) is 13.9 Å². The lowest BCUT2D eigenvalue weighted by Crippen LogP contribution is -2.24. The van der Waals surface area contributed by atoms with Gasteiger partial charge in [-0.1, -0.05) is 18.2 Å². The average molecular weight is 291 g/mol. The van der Waals surface area contributed by atoms with Crippen molar-refractivity contribution in [2.75, 3.05) is 0 Å². The van der Waals surface area contributed by atoms with E-state index in [9.17, 15) is 13.6 Å². The maximum Gasteiger partial charge on any atom is 0.340 e. The zero-order valence-corrected chi connectivity index (χ0v) is 9.96. The number of nitrogens with one attached hydrogen (secondary N) is 1. The van der Waals surface area contributed by atoms with Crippen LogP contribution in [0.3, 0.4) is 0 Å². The average Bonchev–Trinajstić information content (AvgIpc) is 2.25. The molecule has 1 N–H and O–H groups in total. The van der Waals surface area contributed by atoms with Crippen LogP contribution in [0, 0.1) is 0 Å². The van der Waals surface area contributed by atoms with E-state index in [0.717, 1.165) is 6.92 Å². The van der Waals surface area contributed by atoms with E-state index in [1.165, 1.54) is 0 Å². The lowest BCUT2D eigenvalue weighted by atomic mass is 10.2. The molecule has 0 unspecified atom stereocenters. The molecule has 0 saturated heterocycles. The molecule has 1 aromatic carbocycles. The summed E-state index contributed by atoms with van der Waals surface area (Å²) < 4.78 is 25.2. The fourth-order valence-corrected chi connectivity index (χ4v) is 0.941. The zero-order valence-electron chi connectivity index (χ0n) is 8.38. The smallest absolute Gasteiger partial charge is 0.267 e. The molecule has 1 rings (SSSR count). The van der Waals surface area contributed by atoms with Crippen molar-refractivity contribution < 1.29 is 13.6 Å². The van der Waals surface area contributed by atoms with Gasteiger partial charge in [0.05, 0.1) is 0 Å². The van der Waals surface area contributed by atoms with Gasteiger partial charge < -0.3 is 0 Å². The molecule has 16 heavy (non-hydrogen) atoms. The minimum absolute atomic E-state index is 0.358. The second-order valence-corrected chi connectivity index (χ2v) is 4.00. The maximum atomic E-state index is 12.6. The van der Waals surface area contributed by atoms with Crippen molar-refractivity contribution in [1.29, 1.82) is 0 Å². The molecule has 0 aliphatic carbocycles. The van der Waals surface area contributed by atoms with Crippen molar-refractivity contribution in [3.8, 4) is 0 Å². The highest BCUT2D eigenvalue weighted by Gasteiger charge is 2.28. The van der Waals surface area contributed by atoms with Crippen LogP contribution >= 0.6 is 15.9 Å². The Morgan fingerprint density at radius 1 is 1.38 bits per heavy atom. The lowest BCUT2D eigenvalue weighted by molar-refractivity contribution is 0.0953. The van der Waals surface area contributed by atoms with E-state index in [2.05, 4.69) is 21.0 Å². The largest absolute Gasteiger partial charge is 0.340 e.